The quantitative estimate of drug-likeness (QED) is 0.837. The highest BCUT2D eigenvalue weighted by atomic mass is 32.1. The van der Waals surface area contributed by atoms with E-state index in [0.29, 0.717) is 37.6 Å². The van der Waals surface area contributed by atoms with E-state index in [1.807, 2.05) is 0 Å². The molecule has 3 rings (SSSR count). The van der Waals surface area contributed by atoms with Crippen LogP contribution in [-0.4, -0.2) is 57.4 Å². The largest absolute Gasteiger partial charge is 0.465 e. The second kappa shape index (κ2) is 6.15. The lowest BCUT2D eigenvalue weighted by Crippen LogP contribution is -2.33. The SMILES string of the molecule is CC(=O)N1CCc2nc(NC(=O)[C@H]3CCN(C(=O)O)C3)sc2C1. The lowest BCUT2D eigenvalue weighted by Gasteiger charge is -2.24. The molecule has 2 aliphatic heterocycles. The second-order valence-electron chi connectivity index (χ2n) is 5.78. The van der Waals surface area contributed by atoms with Crippen molar-refractivity contribution in [1.29, 1.82) is 0 Å². The normalized spacial score (nSPS) is 20.3. The van der Waals surface area contributed by atoms with Crippen LogP contribution < -0.4 is 5.32 Å². The Balaban J connectivity index is 1.62. The maximum absolute atomic E-state index is 12.2. The van der Waals surface area contributed by atoms with Crippen LogP contribution in [0.2, 0.25) is 0 Å². The maximum Gasteiger partial charge on any atom is 0.407 e. The van der Waals surface area contributed by atoms with E-state index in [1.165, 1.54) is 16.2 Å². The van der Waals surface area contributed by atoms with Crippen LogP contribution in [0.4, 0.5) is 9.93 Å². The summed E-state index contributed by atoms with van der Waals surface area (Å²) >= 11 is 1.38. The monoisotopic (exact) mass is 338 g/mol. The summed E-state index contributed by atoms with van der Waals surface area (Å²) in [5, 5.41) is 12.3. The van der Waals surface area contributed by atoms with Crippen molar-refractivity contribution in [3.05, 3.63) is 10.6 Å². The first-order valence-electron chi connectivity index (χ1n) is 7.47. The molecule has 8 nitrogen and oxygen atoms in total. The third-order valence-electron chi connectivity index (χ3n) is 4.24. The van der Waals surface area contributed by atoms with Gasteiger partial charge >= 0.3 is 6.09 Å². The lowest BCUT2D eigenvalue weighted by molar-refractivity contribution is -0.129. The molecule has 1 saturated heterocycles. The average Bonchev–Trinajstić information content (AvgIpc) is 3.12. The highest BCUT2D eigenvalue weighted by Gasteiger charge is 2.31. The Morgan fingerprint density at radius 2 is 2.09 bits per heavy atom. The second-order valence-corrected chi connectivity index (χ2v) is 6.87. The van der Waals surface area contributed by atoms with Crippen molar-refractivity contribution in [2.75, 3.05) is 25.0 Å². The Labute approximate surface area is 137 Å². The molecule has 0 spiro atoms. The van der Waals surface area contributed by atoms with Crippen LogP contribution in [0.1, 0.15) is 23.9 Å². The molecule has 3 amide bonds. The van der Waals surface area contributed by atoms with Gasteiger partial charge in [-0.2, -0.15) is 0 Å². The standard InChI is InChI=1S/C14H18N4O4S/c1-8(19)17-5-3-10-11(7-17)23-13(15-10)16-12(20)9-2-4-18(6-9)14(21)22/h9H,2-7H2,1H3,(H,21,22)(H,15,16,20)/t9-/m0/s1. The zero-order valence-corrected chi connectivity index (χ0v) is 13.6. The van der Waals surface area contributed by atoms with E-state index < -0.39 is 6.09 Å². The molecule has 3 heterocycles. The van der Waals surface area contributed by atoms with Crippen molar-refractivity contribution < 1.29 is 19.5 Å². The minimum atomic E-state index is -0.991. The summed E-state index contributed by atoms with van der Waals surface area (Å²) in [5.74, 6) is -0.488. The fourth-order valence-corrected chi connectivity index (χ4v) is 3.90. The summed E-state index contributed by atoms with van der Waals surface area (Å²) in [7, 11) is 0. The predicted octanol–water partition coefficient (Wildman–Crippen LogP) is 0.986. The van der Waals surface area contributed by atoms with Crippen molar-refractivity contribution in [3.8, 4) is 0 Å². The minimum Gasteiger partial charge on any atom is -0.465 e. The number of carbonyl (C=O) groups is 3. The van der Waals surface area contributed by atoms with E-state index in [0.717, 1.165) is 10.6 Å². The van der Waals surface area contributed by atoms with Gasteiger partial charge in [0, 0.05) is 37.9 Å². The maximum atomic E-state index is 12.2. The number of carbonyl (C=O) groups excluding carboxylic acids is 2. The van der Waals surface area contributed by atoms with Gasteiger partial charge in [-0.15, -0.1) is 0 Å². The number of aromatic nitrogens is 1. The van der Waals surface area contributed by atoms with Crippen LogP contribution in [-0.2, 0) is 22.6 Å². The number of rotatable bonds is 2. The summed E-state index contributed by atoms with van der Waals surface area (Å²) in [5.41, 5.74) is 0.932. The van der Waals surface area contributed by atoms with Gasteiger partial charge in [-0.3, -0.25) is 9.59 Å². The van der Waals surface area contributed by atoms with Gasteiger partial charge in [-0.25, -0.2) is 9.78 Å². The number of anilines is 1. The number of thiazole rings is 1. The smallest absolute Gasteiger partial charge is 0.407 e. The number of hydrogen-bond donors (Lipinski definition) is 2. The number of nitrogens with zero attached hydrogens (tertiary/aromatic N) is 3. The van der Waals surface area contributed by atoms with Crippen molar-refractivity contribution >= 4 is 34.4 Å². The van der Waals surface area contributed by atoms with Crippen molar-refractivity contribution in [2.45, 2.75) is 26.3 Å². The van der Waals surface area contributed by atoms with Gasteiger partial charge < -0.3 is 20.2 Å². The van der Waals surface area contributed by atoms with Gasteiger partial charge in [0.25, 0.3) is 0 Å². The van der Waals surface area contributed by atoms with Crippen LogP contribution in [0, 0.1) is 5.92 Å². The summed E-state index contributed by atoms with van der Waals surface area (Å²) in [6, 6.07) is 0. The first kappa shape index (κ1) is 15.7. The molecule has 1 atom stereocenters. The van der Waals surface area contributed by atoms with Gasteiger partial charge in [-0.05, 0) is 6.42 Å². The third-order valence-corrected chi connectivity index (χ3v) is 5.23. The molecule has 23 heavy (non-hydrogen) atoms. The highest BCUT2D eigenvalue weighted by Crippen LogP contribution is 2.29. The molecule has 9 heteroatoms. The Morgan fingerprint density at radius 3 is 2.74 bits per heavy atom. The van der Waals surface area contributed by atoms with Gasteiger partial charge in [-0.1, -0.05) is 11.3 Å². The molecular weight excluding hydrogens is 320 g/mol. The molecule has 1 fully saturated rings. The Hall–Kier alpha value is -2.16. The summed E-state index contributed by atoms with van der Waals surface area (Å²) in [6.07, 6.45) is 0.230. The number of carboxylic acid groups (broad SMARTS) is 1. The lowest BCUT2D eigenvalue weighted by atomic mass is 10.1. The number of fused-ring (bicyclic) bond motifs is 1. The molecule has 0 bridgehead atoms. The topological polar surface area (TPSA) is 103 Å². The number of nitrogens with one attached hydrogen (secondary N) is 1. The Bertz CT molecular complexity index is 659. The summed E-state index contributed by atoms with van der Waals surface area (Å²) in [4.78, 5) is 43.0. The molecule has 124 valence electrons. The van der Waals surface area contributed by atoms with Crippen molar-refractivity contribution in [1.82, 2.24) is 14.8 Å². The van der Waals surface area contributed by atoms with Crippen molar-refractivity contribution in [2.24, 2.45) is 5.92 Å². The van der Waals surface area contributed by atoms with Crippen LogP contribution in [0.5, 0.6) is 0 Å². The van der Waals surface area contributed by atoms with E-state index in [-0.39, 0.29) is 24.3 Å². The number of hydrogen-bond acceptors (Lipinski definition) is 5. The zero-order chi connectivity index (χ0) is 16.6. The molecule has 0 radical (unpaired) electrons. The molecule has 1 aromatic rings. The van der Waals surface area contributed by atoms with E-state index >= 15 is 0 Å². The van der Waals surface area contributed by atoms with E-state index in [9.17, 15) is 14.4 Å². The van der Waals surface area contributed by atoms with Crippen LogP contribution in [0.15, 0.2) is 0 Å². The fraction of sp³-hybridized carbons (Fsp3) is 0.571. The van der Waals surface area contributed by atoms with Crippen LogP contribution in [0.3, 0.4) is 0 Å². The molecule has 0 saturated carbocycles. The first-order valence-corrected chi connectivity index (χ1v) is 8.28. The van der Waals surface area contributed by atoms with E-state index in [2.05, 4.69) is 10.3 Å². The first-order chi connectivity index (χ1) is 10.9. The minimum absolute atomic E-state index is 0.0364. The molecule has 2 N–H and O–H groups in total. The zero-order valence-electron chi connectivity index (χ0n) is 12.7. The molecule has 0 unspecified atom stereocenters. The summed E-state index contributed by atoms with van der Waals surface area (Å²) < 4.78 is 0. The molecule has 0 aromatic carbocycles. The molecule has 2 aliphatic rings. The third kappa shape index (κ3) is 3.29. The fourth-order valence-electron chi connectivity index (χ4n) is 2.87. The average molecular weight is 338 g/mol. The van der Waals surface area contributed by atoms with E-state index in [1.54, 1.807) is 11.8 Å². The molecular formula is C14H18N4O4S. The molecule has 1 aromatic heterocycles. The van der Waals surface area contributed by atoms with Gasteiger partial charge in [0.2, 0.25) is 11.8 Å². The number of likely N-dealkylation sites (tertiary alicyclic amines) is 1. The van der Waals surface area contributed by atoms with E-state index in [4.69, 9.17) is 5.11 Å². The molecule has 0 aliphatic carbocycles. The number of amides is 3. The predicted molar refractivity (Wildman–Crippen MR) is 83.2 cm³/mol. The van der Waals surface area contributed by atoms with Crippen molar-refractivity contribution in [3.63, 3.8) is 0 Å². The highest BCUT2D eigenvalue weighted by molar-refractivity contribution is 7.15. The van der Waals surface area contributed by atoms with Gasteiger partial charge in [0.1, 0.15) is 0 Å². The van der Waals surface area contributed by atoms with Crippen LogP contribution in [0.25, 0.3) is 0 Å². The van der Waals surface area contributed by atoms with Crippen LogP contribution >= 0.6 is 11.3 Å². The van der Waals surface area contributed by atoms with Gasteiger partial charge in [0.15, 0.2) is 5.13 Å². The van der Waals surface area contributed by atoms with Gasteiger partial charge in [0.05, 0.1) is 18.2 Å². The Morgan fingerprint density at radius 1 is 1.30 bits per heavy atom. The Kier molecular flexibility index (Phi) is 4.20. The summed E-state index contributed by atoms with van der Waals surface area (Å²) in [6.45, 7) is 3.34.